The Kier molecular flexibility index (Phi) is 4.09. The normalized spacial score (nSPS) is 19.2. The third-order valence-electron chi connectivity index (χ3n) is 5.40. The summed E-state index contributed by atoms with van der Waals surface area (Å²) in [4.78, 5) is 7.02. The molecular weight excluding hydrogens is 330 g/mol. The van der Waals surface area contributed by atoms with E-state index < -0.39 is 0 Å². The predicted octanol–water partition coefficient (Wildman–Crippen LogP) is 3.38. The quantitative estimate of drug-likeness (QED) is 0.731. The Balaban J connectivity index is 1.12. The summed E-state index contributed by atoms with van der Waals surface area (Å²) in [6.07, 6.45) is 7.42. The molecule has 7 nitrogen and oxygen atoms in total. The predicted molar refractivity (Wildman–Crippen MR) is 94.3 cm³/mol. The minimum atomic E-state index is 0.540. The van der Waals surface area contributed by atoms with Crippen LogP contribution < -0.4 is 0 Å². The summed E-state index contributed by atoms with van der Waals surface area (Å²) in [5, 5.41) is 11.1. The number of H-pyrrole nitrogens is 1. The van der Waals surface area contributed by atoms with Gasteiger partial charge in [-0.15, -0.1) is 0 Å². The Morgan fingerprint density at radius 1 is 1.12 bits per heavy atom. The third-order valence-corrected chi connectivity index (χ3v) is 5.40. The van der Waals surface area contributed by atoms with Crippen molar-refractivity contribution >= 4 is 0 Å². The molecule has 3 aromatic heterocycles. The zero-order valence-corrected chi connectivity index (χ0v) is 14.7. The molecule has 0 atom stereocenters. The van der Waals surface area contributed by atoms with Crippen molar-refractivity contribution in [3.05, 3.63) is 41.9 Å². The van der Waals surface area contributed by atoms with Crippen LogP contribution in [-0.2, 0) is 13.0 Å². The first-order valence-corrected chi connectivity index (χ1v) is 9.47. The number of likely N-dealkylation sites (tertiary alicyclic amines) is 1. The Labute approximate surface area is 151 Å². The van der Waals surface area contributed by atoms with Crippen LogP contribution in [0.25, 0.3) is 11.5 Å². The van der Waals surface area contributed by atoms with Crippen molar-refractivity contribution in [1.29, 1.82) is 0 Å². The summed E-state index contributed by atoms with van der Waals surface area (Å²) in [6.45, 7) is 3.02. The topological polar surface area (TPSA) is 84.0 Å². The van der Waals surface area contributed by atoms with E-state index in [0.29, 0.717) is 11.8 Å². The van der Waals surface area contributed by atoms with E-state index in [9.17, 15) is 0 Å². The van der Waals surface area contributed by atoms with E-state index in [-0.39, 0.29) is 0 Å². The molecule has 0 radical (unpaired) electrons. The summed E-state index contributed by atoms with van der Waals surface area (Å²) < 4.78 is 11.3. The van der Waals surface area contributed by atoms with Crippen LogP contribution in [-0.4, -0.2) is 38.3 Å². The number of aromatic amines is 1. The van der Waals surface area contributed by atoms with Crippen LogP contribution in [0.2, 0.25) is 0 Å². The number of hydrogen-bond acceptors (Lipinski definition) is 6. The van der Waals surface area contributed by atoms with E-state index >= 15 is 0 Å². The van der Waals surface area contributed by atoms with Gasteiger partial charge in [0.15, 0.2) is 11.6 Å². The lowest BCUT2D eigenvalue weighted by Gasteiger charge is -2.30. The van der Waals surface area contributed by atoms with Crippen molar-refractivity contribution in [2.45, 2.75) is 44.6 Å². The van der Waals surface area contributed by atoms with Crippen molar-refractivity contribution in [3.8, 4) is 11.5 Å². The summed E-state index contributed by atoms with van der Waals surface area (Å²) in [5.74, 6) is 4.77. The van der Waals surface area contributed by atoms with Crippen LogP contribution in [0.15, 0.2) is 33.3 Å². The Morgan fingerprint density at radius 2 is 2.00 bits per heavy atom. The van der Waals surface area contributed by atoms with Crippen LogP contribution in [0, 0.1) is 5.92 Å². The largest absolute Gasteiger partial charge is 0.458 e. The molecular formula is C19H23N5O2. The Morgan fingerprint density at radius 3 is 2.77 bits per heavy atom. The first-order chi connectivity index (χ1) is 12.8. The van der Waals surface area contributed by atoms with Gasteiger partial charge in [0, 0.05) is 18.5 Å². The monoisotopic (exact) mass is 353 g/mol. The molecule has 2 fully saturated rings. The zero-order valence-electron chi connectivity index (χ0n) is 14.7. The van der Waals surface area contributed by atoms with Crippen LogP contribution in [0.5, 0.6) is 0 Å². The molecule has 1 N–H and O–H groups in total. The maximum Gasteiger partial charge on any atom is 0.229 e. The van der Waals surface area contributed by atoms with Crippen LogP contribution >= 0.6 is 0 Å². The summed E-state index contributed by atoms with van der Waals surface area (Å²) in [7, 11) is 0. The van der Waals surface area contributed by atoms with Crippen LogP contribution in [0.1, 0.15) is 49.1 Å². The van der Waals surface area contributed by atoms with Gasteiger partial charge in [0.1, 0.15) is 11.5 Å². The number of nitrogens with one attached hydrogen (secondary N) is 1. The van der Waals surface area contributed by atoms with Crippen LogP contribution in [0.3, 0.4) is 0 Å². The van der Waals surface area contributed by atoms with Gasteiger partial charge in [-0.3, -0.25) is 10.00 Å². The summed E-state index contributed by atoms with van der Waals surface area (Å²) in [6, 6.07) is 5.98. The van der Waals surface area contributed by atoms with E-state index in [1.54, 1.807) is 6.20 Å². The smallest absolute Gasteiger partial charge is 0.229 e. The van der Waals surface area contributed by atoms with Gasteiger partial charge in [-0.1, -0.05) is 5.16 Å². The molecule has 0 unspecified atom stereocenters. The lowest BCUT2D eigenvalue weighted by Crippen LogP contribution is -2.33. The second-order valence-corrected chi connectivity index (χ2v) is 7.48. The molecule has 1 aliphatic heterocycles. The molecule has 3 aromatic rings. The highest BCUT2D eigenvalue weighted by Gasteiger charge is 2.30. The highest BCUT2D eigenvalue weighted by molar-refractivity contribution is 5.51. The van der Waals surface area contributed by atoms with Crippen molar-refractivity contribution in [1.82, 2.24) is 25.2 Å². The zero-order chi connectivity index (χ0) is 17.3. The second kappa shape index (κ2) is 6.72. The van der Waals surface area contributed by atoms with E-state index in [1.807, 2.05) is 12.1 Å². The molecule has 26 heavy (non-hydrogen) atoms. The molecule has 5 rings (SSSR count). The molecule has 2 aliphatic rings. The molecule has 4 heterocycles. The van der Waals surface area contributed by atoms with E-state index in [0.717, 1.165) is 55.0 Å². The molecule has 0 spiro atoms. The van der Waals surface area contributed by atoms with Crippen molar-refractivity contribution in [2.75, 3.05) is 13.1 Å². The van der Waals surface area contributed by atoms with Gasteiger partial charge in [0.05, 0.1) is 6.54 Å². The number of rotatable bonds is 6. The summed E-state index contributed by atoms with van der Waals surface area (Å²) >= 11 is 0. The highest BCUT2D eigenvalue weighted by Crippen LogP contribution is 2.39. The minimum absolute atomic E-state index is 0.540. The highest BCUT2D eigenvalue weighted by atomic mass is 16.5. The average molecular weight is 353 g/mol. The SMILES string of the molecule is c1cc(-c2ccc(CN3CCC(Cc4noc(C5CC5)n4)CC3)o2)[nH]n1. The number of nitrogens with zero attached hydrogens (tertiary/aromatic N) is 4. The maximum atomic E-state index is 5.94. The van der Waals surface area contributed by atoms with Crippen molar-refractivity contribution in [3.63, 3.8) is 0 Å². The Hall–Kier alpha value is -2.41. The van der Waals surface area contributed by atoms with Gasteiger partial charge in [0.25, 0.3) is 0 Å². The van der Waals surface area contributed by atoms with E-state index in [1.165, 1.54) is 25.7 Å². The molecule has 0 bridgehead atoms. The van der Waals surface area contributed by atoms with Gasteiger partial charge in [0.2, 0.25) is 5.89 Å². The maximum absolute atomic E-state index is 5.94. The van der Waals surface area contributed by atoms with Gasteiger partial charge in [-0.05, 0) is 62.9 Å². The van der Waals surface area contributed by atoms with Gasteiger partial charge < -0.3 is 8.94 Å². The fraction of sp³-hybridized carbons (Fsp3) is 0.526. The first-order valence-electron chi connectivity index (χ1n) is 9.47. The van der Waals surface area contributed by atoms with E-state index in [2.05, 4.69) is 31.3 Å². The lowest BCUT2D eigenvalue weighted by molar-refractivity contribution is 0.165. The standard InChI is InChI=1S/C19H23N5O2/c1-2-14(1)19-21-18(23-26-19)11-13-6-9-24(10-7-13)12-15-3-4-17(25-15)16-5-8-20-22-16/h3-5,8,13-14H,1-2,6-7,9-12H2,(H,20,22). The minimum Gasteiger partial charge on any atom is -0.458 e. The Bertz CT molecular complexity index is 841. The molecule has 0 amide bonds. The van der Waals surface area contributed by atoms with Gasteiger partial charge in [-0.25, -0.2) is 0 Å². The number of furan rings is 1. The summed E-state index contributed by atoms with van der Waals surface area (Å²) in [5.41, 5.74) is 0.917. The third kappa shape index (κ3) is 3.44. The molecule has 1 saturated heterocycles. The molecule has 1 saturated carbocycles. The lowest BCUT2D eigenvalue weighted by atomic mass is 9.93. The van der Waals surface area contributed by atoms with Crippen LogP contribution in [0.4, 0.5) is 0 Å². The van der Waals surface area contributed by atoms with Gasteiger partial charge >= 0.3 is 0 Å². The molecule has 1 aliphatic carbocycles. The number of hydrogen-bond donors (Lipinski definition) is 1. The van der Waals surface area contributed by atoms with E-state index in [4.69, 9.17) is 8.94 Å². The fourth-order valence-corrected chi connectivity index (χ4v) is 3.67. The number of aromatic nitrogens is 4. The van der Waals surface area contributed by atoms with Crippen molar-refractivity contribution < 1.29 is 8.94 Å². The first kappa shape index (κ1) is 15.8. The van der Waals surface area contributed by atoms with Crippen molar-refractivity contribution in [2.24, 2.45) is 5.92 Å². The second-order valence-electron chi connectivity index (χ2n) is 7.48. The molecule has 136 valence electrons. The molecule has 0 aromatic carbocycles. The number of piperidine rings is 1. The molecule has 7 heteroatoms. The fourth-order valence-electron chi connectivity index (χ4n) is 3.67. The van der Waals surface area contributed by atoms with Gasteiger partial charge in [-0.2, -0.15) is 10.1 Å². The average Bonchev–Trinajstić information content (AvgIpc) is 3.07.